The van der Waals surface area contributed by atoms with E-state index in [1.165, 1.54) is 0 Å². The van der Waals surface area contributed by atoms with Crippen molar-refractivity contribution in [3.8, 4) is 0 Å². The van der Waals surface area contributed by atoms with E-state index in [0.29, 0.717) is 19.0 Å². The third kappa shape index (κ3) is 5.07. The molecule has 1 heterocycles. The normalized spacial score (nSPS) is 12.7. The molecule has 2 rings (SSSR count). The second-order valence-corrected chi connectivity index (χ2v) is 5.36. The summed E-state index contributed by atoms with van der Waals surface area (Å²) in [4.78, 5) is 8.58. The first-order valence-corrected chi connectivity index (χ1v) is 7.75. The lowest BCUT2D eigenvalue weighted by Gasteiger charge is -2.18. The van der Waals surface area contributed by atoms with Gasteiger partial charge in [0.1, 0.15) is 0 Å². The van der Waals surface area contributed by atoms with Crippen molar-refractivity contribution >= 4 is 5.96 Å². The molecule has 0 radical (unpaired) electrons. The van der Waals surface area contributed by atoms with Crippen LogP contribution in [-0.4, -0.2) is 36.2 Å². The van der Waals surface area contributed by atoms with E-state index in [1.807, 2.05) is 49.4 Å². The predicted octanol–water partition coefficient (Wildman–Crippen LogP) is 1.83. The lowest BCUT2D eigenvalue weighted by molar-refractivity contribution is 0.265. The minimum atomic E-state index is 0.0336. The Morgan fingerprint density at radius 1 is 1.17 bits per heavy atom. The van der Waals surface area contributed by atoms with Crippen molar-refractivity contribution in [2.24, 2.45) is 4.99 Å². The molecule has 1 unspecified atom stereocenters. The van der Waals surface area contributed by atoms with Crippen LogP contribution in [0.2, 0.25) is 0 Å². The standard InChI is InChI=1S/C18H24N4O/c1-14-7-6-10-20-17(14)12-22-18(19-2)21-11-16(13-23)15-8-4-3-5-9-15/h3-10,16,23H,11-13H2,1-2H3,(H2,19,21,22). The summed E-state index contributed by atoms with van der Waals surface area (Å²) < 4.78 is 0. The molecule has 0 bridgehead atoms. The Labute approximate surface area is 137 Å². The second kappa shape index (κ2) is 8.90. The second-order valence-electron chi connectivity index (χ2n) is 5.36. The molecular formula is C18H24N4O. The Bertz CT molecular complexity index is 628. The third-order valence-corrected chi connectivity index (χ3v) is 3.77. The zero-order valence-electron chi connectivity index (χ0n) is 13.7. The fourth-order valence-electron chi connectivity index (χ4n) is 2.32. The number of hydrogen-bond donors (Lipinski definition) is 3. The summed E-state index contributed by atoms with van der Waals surface area (Å²) in [6, 6.07) is 14.0. The summed E-state index contributed by atoms with van der Waals surface area (Å²) in [7, 11) is 1.73. The Hall–Kier alpha value is -2.40. The van der Waals surface area contributed by atoms with Gasteiger partial charge in [0.15, 0.2) is 5.96 Å². The molecule has 1 aromatic heterocycles. The fraction of sp³-hybridized carbons (Fsp3) is 0.333. The monoisotopic (exact) mass is 312 g/mol. The summed E-state index contributed by atoms with van der Waals surface area (Å²) in [5, 5.41) is 16.1. The average molecular weight is 312 g/mol. The van der Waals surface area contributed by atoms with Gasteiger partial charge in [0.2, 0.25) is 0 Å². The molecule has 0 spiro atoms. The molecule has 0 saturated heterocycles. The van der Waals surface area contributed by atoms with Gasteiger partial charge in [-0.25, -0.2) is 0 Å². The van der Waals surface area contributed by atoms with E-state index < -0.39 is 0 Å². The SMILES string of the molecule is CN=C(NCc1ncccc1C)NCC(CO)c1ccccc1. The maximum Gasteiger partial charge on any atom is 0.191 e. The highest BCUT2D eigenvalue weighted by atomic mass is 16.3. The van der Waals surface area contributed by atoms with Gasteiger partial charge in [-0.2, -0.15) is 0 Å². The predicted molar refractivity (Wildman–Crippen MR) is 93.4 cm³/mol. The van der Waals surface area contributed by atoms with Crippen LogP contribution in [0.1, 0.15) is 22.7 Å². The molecule has 0 aliphatic rings. The molecule has 0 aliphatic heterocycles. The first kappa shape index (κ1) is 17.0. The van der Waals surface area contributed by atoms with Crippen LogP contribution in [0.25, 0.3) is 0 Å². The molecular weight excluding hydrogens is 288 g/mol. The van der Waals surface area contributed by atoms with Gasteiger partial charge in [0.05, 0.1) is 18.8 Å². The Morgan fingerprint density at radius 3 is 2.61 bits per heavy atom. The number of aliphatic imine (C=N–C) groups is 1. The Balaban J connectivity index is 1.88. The van der Waals surface area contributed by atoms with Crippen LogP contribution in [-0.2, 0) is 6.54 Å². The number of benzene rings is 1. The number of pyridine rings is 1. The van der Waals surface area contributed by atoms with Crippen molar-refractivity contribution < 1.29 is 5.11 Å². The molecule has 1 atom stereocenters. The van der Waals surface area contributed by atoms with Crippen molar-refractivity contribution in [1.29, 1.82) is 0 Å². The molecule has 1 aromatic carbocycles. The van der Waals surface area contributed by atoms with Gasteiger partial charge in [-0.15, -0.1) is 0 Å². The van der Waals surface area contributed by atoms with E-state index in [1.54, 1.807) is 13.2 Å². The van der Waals surface area contributed by atoms with Crippen molar-refractivity contribution in [3.05, 3.63) is 65.5 Å². The lowest BCUT2D eigenvalue weighted by atomic mass is 10.0. The molecule has 0 aliphatic carbocycles. The van der Waals surface area contributed by atoms with Crippen LogP contribution in [0.3, 0.4) is 0 Å². The topological polar surface area (TPSA) is 69.5 Å². The highest BCUT2D eigenvalue weighted by molar-refractivity contribution is 5.79. The maximum atomic E-state index is 9.60. The van der Waals surface area contributed by atoms with Crippen molar-refractivity contribution in [1.82, 2.24) is 15.6 Å². The minimum Gasteiger partial charge on any atom is -0.396 e. The summed E-state index contributed by atoms with van der Waals surface area (Å²) >= 11 is 0. The fourth-order valence-corrected chi connectivity index (χ4v) is 2.32. The van der Waals surface area contributed by atoms with E-state index in [4.69, 9.17) is 0 Å². The maximum absolute atomic E-state index is 9.60. The quantitative estimate of drug-likeness (QED) is 0.562. The Morgan fingerprint density at radius 2 is 1.96 bits per heavy atom. The number of hydrogen-bond acceptors (Lipinski definition) is 3. The van der Waals surface area contributed by atoms with Crippen LogP contribution >= 0.6 is 0 Å². The van der Waals surface area contributed by atoms with Gasteiger partial charge in [0, 0.05) is 25.7 Å². The number of guanidine groups is 1. The highest BCUT2D eigenvalue weighted by Gasteiger charge is 2.11. The molecule has 122 valence electrons. The van der Waals surface area contributed by atoms with E-state index >= 15 is 0 Å². The number of aryl methyl sites for hydroxylation is 1. The van der Waals surface area contributed by atoms with E-state index in [2.05, 4.69) is 20.6 Å². The van der Waals surface area contributed by atoms with Gasteiger partial charge >= 0.3 is 0 Å². The van der Waals surface area contributed by atoms with Crippen LogP contribution in [0.5, 0.6) is 0 Å². The van der Waals surface area contributed by atoms with Crippen LogP contribution in [0.15, 0.2) is 53.7 Å². The molecule has 0 fully saturated rings. The average Bonchev–Trinajstić information content (AvgIpc) is 2.60. The summed E-state index contributed by atoms with van der Waals surface area (Å²) in [6.07, 6.45) is 1.79. The van der Waals surface area contributed by atoms with Crippen LogP contribution < -0.4 is 10.6 Å². The van der Waals surface area contributed by atoms with Gasteiger partial charge in [0.25, 0.3) is 0 Å². The largest absolute Gasteiger partial charge is 0.396 e. The smallest absolute Gasteiger partial charge is 0.191 e. The number of rotatable bonds is 6. The zero-order valence-corrected chi connectivity index (χ0v) is 13.7. The molecule has 3 N–H and O–H groups in total. The van der Waals surface area contributed by atoms with Gasteiger partial charge < -0.3 is 15.7 Å². The van der Waals surface area contributed by atoms with Gasteiger partial charge in [-0.05, 0) is 24.1 Å². The van der Waals surface area contributed by atoms with E-state index in [0.717, 1.165) is 16.8 Å². The third-order valence-electron chi connectivity index (χ3n) is 3.77. The number of nitrogens with one attached hydrogen (secondary N) is 2. The van der Waals surface area contributed by atoms with Crippen molar-refractivity contribution in [2.75, 3.05) is 20.2 Å². The van der Waals surface area contributed by atoms with Crippen molar-refractivity contribution in [3.63, 3.8) is 0 Å². The molecule has 0 amide bonds. The number of nitrogens with zero attached hydrogens (tertiary/aromatic N) is 2. The molecule has 23 heavy (non-hydrogen) atoms. The summed E-state index contributed by atoms with van der Waals surface area (Å²) in [5.74, 6) is 0.732. The molecule has 5 nitrogen and oxygen atoms in total. The minimum absolute atomic E-state index is 0.0336. The van der Waals surface area contributed by atoms with Crippen molar-refractivity contribution in [2.45, 2.75) is 19.4 Å². The summed E-state index contributed by atoms with van der Waals surface area (Å²) in [6.45, 7) is 3.35. The van der Waals surface area contributed by atoms with Crippen LogP contribution in [0, 0.1) is 6.92 Å². The number of aliphatic hydroxyl groups excluding tert-OH is 1. The van der Waals surface area contributed by atoms with E-state index in [-0.39, 0.29) is 12.5 Å². The zero-order chi connectivity index (χ0) is 16.5. The van der Waals surface area contributed by atoms with Crippen LogP contribution in [0.4, 0.5) is 0 Å². The summed E-state index contributed by atoms with van der Waals surface area (Å²) in [5.41, 5.74) is 3.25. The van der Waals surface area contributed by atoms with E-state index in [9.17, 15) is 5.11 Å². The first-order chi connectivity index (χ1) is 11.2. The molecule has 0 saturated carbocycles. The lowest BCUT2D eigenvalue weighted by Crippen LogP contribution is -2.39. The molecule has 5 heteroatoms. The number of aromatic nitrogens is 1. The Kier molecular flexibility index (Phi) is 6.56. The number of aliphatic hydroxyl groups is 1. The first-order valence-electron chi connectivity index (χ1n) is 7.75. The highest BCUT2D eigenvalue weighted by Crippen LogP contribution is 2.13. The van der Waals surface area contributed by atoms with Gasteiger partial charge in [-0.1, -0.05) is 36.4 Å². The molecule has 2 aromatic rings. The van der Waals surface area contributed by atoms with Gasteiger partial charge in [-0.3, -0.25) is 9.98 Å².